The Morgan fingerprint density at radius 2 is 1.63 bits per heavy atom. The predicted molar refractivity (Wildman–Crippen MR) is 165 cm³/mol. The highest BCUT2D eigenvalue weighted by molar-refractivity contribution is 6.06. The van der Waals surface area contributed by atoms with Crippen LogP contribution in [0.25, 0.3) is 0 Å². The maximum Gasteiger partial charge on any atom is 0.331 e. The van der Waals surface area contributed by atoms with Crippen molar-refractivity contribution in [2.75, 3.05) is 49.6 Å². The van der Waals surface area contributed by atoms with Gasteiger partial charge >= 0.3 is 6.03 Å². The number of aryl methyl sites for hydroxylation is 1. The minimum atomic E-state index is -0.353. The molecule has 224 valence electrons. The fraction of sp³-hybridized carbons (Fsp3) is 0.394. The SMILES string of the molecule is COc1ccc(CN2C(=O)CCN(c3ccc(N4CCC(N5CC(c6ccc([N+](=O)[O-])cc6)C5)CC4)cc3C)C2=O)cc1. The number of imide groups is 1. The van der Waals surface area contributed by atoms with Crippen LogP contribution in [-0.4, -0.2) is 72.5 Å². The number of nitro groups is 1. The molecular weight excluding hydrogens is 546 g/mol. The number of nitrogens with zero attached hydrogens (tertiary/aromatic N) is 5. The topological polar surface area (TPSA) is 99.5 Å². The van der Waals surface area contributed by atoms with E-state index in [4.69, 9.17) is 4.74 Å². The minimum Gasteiger partial charge on any atom is -0.497 e. The van der Waals surface area contributed by atoms with Crippen molar-refractivity contribution in [3.63, 3.8) is 0 Å². The molecule has 0 atom stereocenters. The first-order valence-corrected chi connectivity index (χ1v) is 14.9. The van der Waals surface area contributed by atoms with E-state index in [9.17, 15) is 19.7 Å². The summed E-state index contributed by atoms with van der Waals surface area (Å²) < 4.78 is 5.22. The van der Waals surface area contributed by atoms with Crippen molar-refractivity contribution in [2.45, 2.75) is 44.7 Å². The largest absolute Gasteiger partial charge is 0.497 e. The summed E-state index contributed by atoms with van der Waals surface area (Å²) >= 11 is 0. The van der Waals surface area contributed by atoms with Crippen molar-refractivity contribution in [1.29, 1.82) is 0 Å². The summed E-state index contributed by atoms with van der Waals surface area (Å²) in [5, 5.41) is 10.9. The number of ether oxygens (including phenoxy) is 1. The molecule has 0 spiro atoms. The maximum absolute atomic E-state index is 13.5. The lowest BCUT2D eigenvalue weighted by molar-refractivity contribution is -0.384. The van der Waals surface area contributed by atoms with E-state index in [0.717, 1.165) is 67.3 Å². The number of nitro benzene ring substituents is 1. The number of urea groups is 1. The van der Waals surface area contributed by atoms with E-state index in [1.54, 1.807) is 24.1 Å². The third-order valence-corrected chi connectivity index (χ3v) is 9.11. The molecule has 0 radical (unpaired) electrons. The van der Waals surface area contributed by atoms with Gasteiger partial charge in [0.1, 0.15) is 5.75 Å². The van der Waals surface area contributed by atoms with E-state index >= 15 is 0 Å². The molecule has 3 aliphatic rings. The zero-order valence-electron chi connectivity index (χ0n) is 24.6. The van der Waals surface area contributed by atoms with Crippen LogP contribution in [0.5, 0.6) is 5.75 Å². The van der Waals surface area contributed by atoms with Gasteiger partial charge in [-0.05, 0) is 66.8 Å². The Morgan fingerprint density at radius 3 is 2.26 bits per heavy atom. The van der Waals surface area contributed by atoms with Crippen molar-refractivity contribution in [3.05, 3.63) is 93.5 Å². The molecule has 3 aromatic carbocycles. The van der Waals surface area contributed by atoms with Crippen LogP contribution in [0, 0.1) is 17.0 Å². The molecule has 3 fully saturated rings. The molecule has 3 saturated heterocycles. The number of carbonyl (C=O) groups excluding carboxylic acids is 2. The van der Waals surface area contributed by atoms with Gasteiger partial charge in [0, 0.05) is 74.6 Å². The molecule has 0 bridgehead atoms. The number of hydrogen-bond donors (Lipinski definition) is 0. The van der Waals surface area contributed by atoms with Crippen LogP contribution >= 0.6 is 0 Å². The van der Waals surface area contributed by atoms with Gasteiger partial charge in [-0.15, -0.1) is 0 Å². The van der Waals surface area contributed by atoms with Gasteiger partial charge in [0.25, 0.3) is 5.69 Å². The summed E-state index contributed by atoms with van der Waals surface area (Å²) in [5.41, 5.74) is 5.20. The number of benzene rings is 3. The molecule has 3 heterocycles. The second-order valence-corrected chi connectivity index (χ2v) is 11.7. The average Bonchev–Trinajstić information content (AvgIpc) is 3.00. The van der Waals surface area contributed by atoms with Crippen molar-refractivity contribution in [3.8, 4) is 5.75 Å². The molecule has 3 amide bonds. The van der Waals surface area contributed by atoms with Crippen LogP contribution in [0.3, 0.4) is 0 Å². The predicted octanol–water partition coefficient (Wildman–Crippen LogP) is 5.34. The molecule has 0 aliphatic carbocycles. The van der Waals surface area contributed by atoms with E-state index in [1.807, 2.05) is 49.4 Å². The molecule has 3 aliphatic heterocycles. The molecule has 3 aromatic rings. The summed E-state index contributed by atoms with van der Waals surface area (Å²) in [4.78, 5) is 44.8. The second-order valence-electron chi connectivity index (χ2n) is 11.7. The van der Waals surface area contributed by atoms with Gasteiger partial charge in [0.05, 0.1) is 18.6 Å². The van der Waals surface area contributed by atoms with Crippen LogP contribution in [0.1, 0.15) is 41.9 Å². The lowest BCUT2D eigenvalue weighted by atomic mass is 9.88. The average molecular weight is 584 g/mol. The minimum absolute atomic E-state index is 0.139. The molecule has 10 heteroatoms. The Bertz CT molecular complexity index is 1500. The lowest BCUT2D eigenvalue weighted by Crippen LogP contribution is -2.54. The van der Waals surface area contributed by atoms with Crippen molar-refractivity contribution < 1.29 is 19.2 Å². The van der Waals surface area contributed by atoms with E-state index in [-0.39, 0.29) is 35.5 Å². The first-order chi connectivity index (χ1) is 20.8. The van der Waals surface area contributed by atoms with Crippen LogP contribution in [0.15, 0.2) is 66.7 Å². The number of piperidine rings is 1. The number of anilines is 2. The van der Waals surface area contributed by atoms with Crippen molar-refractivity contribution >= 4 is 29.0 Å². The van der Waals surface area contributed by atoms with E-state index < -0.39 is 0 Å². The first kappa shape index (κ1) is 28.7. The van der Waals surface area contributed by atoms with E-state index in [2.05, 4.69) is 21.9 Å². The molecule has 0 saturated carbocycles. The third kappa shape index (κ3) is 5.92. The van der Waals surface area contributed by atoms with Crippen LogP contribution in [-0.2, 0) is 11.3 Å². The Morgan fingerprint density at radius 1 is 0.930 bits per heavy atom. The standard InChI is InChI=1S/C33H37N5O5/c1-23-19-29(34-16-13-27(14-17-34)35-21-26(22-35)25-5-7-28(8-6-25)38(41)42)9-12-31(23)36-18-15-32(39)37(33(36)40)20-24-3-10-30(43-2)11-4-24/h3-12,19,26-27H,13-18,20-22H2,1-2H3. The molecule has 6 rings (SSSR count). The summed E-state index contributed by atoms with van der Waals surface area (Å²) in [6.45, 7) is 6.57. The molecule has 0 N–H and O–H groups in total. The normalized spacial score (nSPS) is 18.6. The Kier molecular flexibility index (Phi) is 8.03. The van der Waals surface area contributed by atoms with Gasteiger partial charge < -0.3 is 9.64 Å². The van der Waals surface area contributed by atoms with Gasteiger partial charge in [-0.1, -0.05) is 24.3 Å². The number of methoxy groups -OCH3 is 1. The molecule has 0 unspecified atom stereocenters. The van der Waals surface area contributed by atoms with Crippen molar-refractivity contribution in [1.82, 2.24) is 9.80 Å². The molecule has 10 nitrogen and oxygen atoms in total. The summed E-state index contributed by atoms with van der Waals surface area (Å²) in [5.74, 6) is 1.01. The summed E-state index contributed by atoms with van der Waals surface area (Å²) in [6, 6.07) is 20.9. The molecular formula is C33H37N5O5. The quantitative estimate of drug-likeness (QED) is 0.261. The van der Waals surface area contributed by atoms with Gasteiger partial charge in [0.2, 0.25) is 5.91 Å². The first-order valence-electron chi connectivity index (χ1n) is 14.9. The summed E-state index contributed by atoms with van der Waals surface area (Å²) in [6.07, 6.45) is 2.46. The maximum atomic E-state index is 13.5. The number of likely N-dealkylation sites (tertiary alicyclic amines) is 1. The van der Waals surface area contributed by atoms with Crippen LogP contribution < -0.4 is 14.5 Å². The summed E-state index contributed by atoms with van der Waals surface area (Å²) in [7, 11) is 1.61. The number of rotatable bonds is 8. The highest BCUT2D eigenvalue weighted by Crippen LogP contribution is 2.35. The Hall–Kier alpha value is -4.44. The number of hydrogen-bond acceptors (Lipinski definition) is 7. The van der Waals surface area contributed by atoms with Gasteiger partial charge in [0.15, 0.2) is 0 Å². The van der Waals surface area contributed by atoms with E-state index in [0.29, 0.717) is 18.5 Å². The number of carbonyl (C=O) groups is 2. The van der Waals surface area contributed by atoms with E-state index in [1.165, 1.54) is 10.5 Å². The zero-order valence-corrected chi connectivity index (χ0v) is 24.6. The smallest absolute Gasteiger partial charge is 0.331 e. The van der Waals surface area contributed by atoms with Gasteiger partial charge in [-0.3, -0.25) is 29.6 Å². The molecule has 43 heavy (non-hydrogen) atoms. The number of amides is 3. The Labute approximate surface area is 251 Å². The highest BCUT2D eigenvalue weighted by Gasteiger charge is 2.36. The Balaban J connectivity index is 1.04. The number of non-ortho nitro benzene ring substituents is 1. The monoisotopic (exact) mass is 583 g/mol. The molecule has 0 aromatic heterocycles. The fourth-order valence-electron chi connectivity index (χ4n) is 6.50. The lowest BCUT2D eigenvalue weighted by Gasteiger charge is -2.47. The van der Waals surface area contributed by atoms with Crippen LogP contribution in [0.4, 0.5) is 21.9 Å². The second kappa shape index (κ2) is 12.0. The van der Waals surface area contributed by atoms with Crippen LogP contribution in [0.2, 0.25) is 0 Å². The highest BCUT2D eigenvalue weighted by atomic mass is 16.6. The van der Waals surface area contributed by atoms with Crippen molar-refractivity contribution in [2.24, 2.45) is 0 Å². The fourth-order valence-corrected chi connectivity index (χ4v) is 6.50. The van der Waals surface area contributed by atoms with Gasteiger partial charge in [-0.25, -0.2) is 4.79 Å². The third-order valence-electron chi connectivity index (χ3n) is 9.11. The van der Waals surface area contributed by atoms with Gasteiger partial charge in [-0.2, -0.15) is 0 Å². The zero-order chi connectivity index (χ0) is 30.1.